The van der Waals surface area contributed by atoms with Gasteiger partial charge in [0, 0.05) is 13.0 Å². The van der Waals surface area contributed by atoms with E-state index in [-0.39, 0.29) is 5.91 Å². The van der Waals surface area contributed by atoms with Gasteiger partial charge in [-0.15, -0.1) is 6.58 Å². The average Bonchev–Trinajstić information content (AvgIpc) is 2.61. The van der Waals surface area contributed by atoms with Crippen LogP contribution in [0.25, 0.3) is 0 Å². The van der Waals surface area contributed by atoms with Gasteiger partial charge in [-0.05, 0) is 38.7 Å². The van der Waals surface area contributed by atoms with E-state index in [1.54, 1.807) is 6.92 Å². The lowest BCUT2D eigenvalue weighted by Gasteiger charge is -2.28. The first-order valence-corrected chi connectivity index (χ1v) is 8.78. The molecule has 0 aliphatic heterocycles. The van der Waals surface area contributed by atoms with Crippen molar-refractivity contribution in [1.29, 1.82) is 0 Å². The predicted molar refractivity (Wildman–Crippen MR) is 101 cm³/mol. The van der Waals surface area contributed by atoms with Gasteiger partial charge in [-0.1, -0.05) is 35.9 Å². The fourth-order valence-electron chi connectivity index (χ4n) is 2.58. The minimum Gasteiger partial charge on any atom is -0.480 e. The van der Waals surface area contributed by atoms with E-state index in [0.29, 0.717) is 25.8 Å². The summed E-state index contributed by atoms with van der Waals surface area (Å²) >= 11 is 0. The van der Waals surface area contributed by atoms with Crippen molar-refractivity contribution < 1.29 is 19.5 Å². The summed E-state index contributed by atoms with van der Waals surface area (Å²) in [6, 6.07) is 8.97. The number of allylic oxidation sites excluding steroid dienone is 1. The fraction of sp³-hybridized carbons (Fsp3) is 0.450. The number of carbonyl (C=O) groups is 3. The molecule has 1 aromatic rings. The number of carboxylic acids is 1. The maximum absolute atomic E-state index is 12.7. The number of carboxylic acid groups (broad SMARTS) is 1. The van der Waals surface area contributed by atoms with E-state index in [9.17, 15) is 14.4 Å². The molecule has 0 saturated heterocycles. The van der Waals surface area contributed by atoms with Crippen molar-refractivity contribution in [2.24, 2.45) is 0 Å². The van der Waals surface area contributed by atoms with Gasteiger partial charge >= 0.3 is 5.97 Å². The second kappa shape index (κ2) is 11.1. The molecule has 0 radical (unpaired) electrons. The lowest BCUT2D eigenvalue weighted by Crippen LogP contribution is -2.49. The van der Waals surface area contributed by atoms with Gasteiger partial charge in [0.05, 0.1) is 0 Å². The number of benzene rings is 1. The Morgan fingerprint density at radius 3 is 2.42 bits per heavy atom. The third kappa shape index (κ3) is 7.96. The van der Waals surface area contributed by atoms with E-state index in [1.807, 2.05) is 37.3 Å². The first-order chi connectivity index (χ1) is 12.3. The summed E-state index contributed by atoms with van der Waals surface area (Å²) < 4.78 is 0. The Morgan fingerprint density at radius 1 is 1.19 bits per heavy atom. The maximum Gasteiger partial charge on any atom is 0.322 e. The lowest BCUT2D eigenvalue weighted by molar-refractivity contribution is -0.141. The largest absolute Gasteiger partial charge is 0.480 e. The number of nitrogens with one attached hydrogen (secondary N) is 1. The first kappa shape index (κ1) is 21.4. The van der Waals surface area contributed by atoms with E-state index < -0.39 is 24.5 Å². The second-order valence-corrected chi connectivity index (χ2v) is 6.42. The number of hydrogen-bond acceptors (Lipinski definition) is 3. The molecule has 1 rings (SSSR count). The van der Waals surface area contributed by atoms with Crippen molar-refractivity contribution in [2.75, 3.05) is 13.1 Å². The van der Waals surface area contributed by atoms with Crippen LogP contribution in [-0.4, -0.2) is 46.9 Å². The Labute approximate surface area is 154 Å². The van der Waals surface area contributed by atoms with Crippen LogP contribution in [0, 0.1) is 0 Å². The van der Waals surface area contributed by atoms with Gasteiger partial charge in [0.25, 0.3) is 0 Å². The third-order valence-corrected chi connectivity index (χ3v) is 4.05. The molecule has 0 aromatic heterocycles. The molecule has 142 valence electrons. The van der Waals surface area contributed by atoms with Crippen molar-refractivity contribution in [3.05, 3.63) is 48.0 Å². The number of amides is 2. The minimum atomic E-state index is -1.12. The van der Waals surface area contributed by atoms with Gasteiger partial charge in [0.1, 0.15) is 12.6 Å². The highest BCUT2D eigenvalue weighted by Gasteiger charge is 2.25. The van der Waals surface area contributed by atoms with Crippen LogP contribution >= 0.6 is 0 Å². The first-order valence-electron chi connectivity index (χ1n) is 8.78. The summed E-state index contributed by atoms with van der Waals surface area (Å²) in [4.78, 5) is 37.0. The van der Waals surface area contributed by atoms with Gasteiger partial charge in [0.15, 0.2) is 0 Å². The number of nitrogens with zero attached hydrogens (tertiary/aromatic N) is 1. The molecule has 26 heavy (non-hydrogen) atoms. The van der Waals surface area contributed by atoms with Crippen LogP contribution < -0.4 is 5.32 Å². The summed E-state index contributed by atoms with van der Waals surface area (Å²) in [5, 5.41) is 11.0. The molecule has 2 amide bonds. The zero-order valence-electron chi connectivity index (χ0n) is 15.5. The molecule has 6 nitrogen and oxygen atoms in total. The number of aryl methyl sites for hydroxylation is 1. The molecule has 0 aliphatic carbocycles. The standard InChI is InChI=1S/C20H28N2O4/c1-15(2)8-7-13-22(16(3)20(26)21-14-19(24)25)18(23)12-11-17-9-5-4-6-10-17/h4-6,9-10,16H,1,7-8,11-14H2,2-3H3,(H,21,26)(H,24,25)/t16-/m0/s1. The molecule has 1 atom stereocenters. The topological polar surface area (TPSA) is 86.7 Å². The molecular weight excluding hydrogens is 332 g/mol. The smallest absolute Gasteiger partial charge is 0.322 e. The Morgan fingerprint density at radius 2 is 1.85 bits per heavy atom. The summed E-state index contributed by atoms with van der Waals surface area (Å²) in [6.07, 6.45) is 2.38. The molecule has 0 heterocycles. The Hall–Kier alpha value is -2.63. The molecule has 0 fully saturated rings. The van der Waals surface area contributed by atoms with Crippen LogP contribution in [0.2, 0.25) is 0 Å². The SMILES string of the molecule is C=C(C)CCCN(C(=O)CCc1ccccc1)[C@@H](C)C(=O)NCC(=O)O. The predicted octanol–water partition coefficient (Wildman–Crippen LogP) is 2.39. The second-order valence-electron chi connectivity index (χ2n) is 6.42. The molecule has 6 heteroatoms. The van der Waals surface area contributed by atoms with E-state index >= 15 is 0 Å². The van der Waals surface area contributed by atoms with E-state index in [1.165, 1.54) is 4.90 Å². The molecule has 0 unspecified atom stereocenters. The van der Waals surface area contributed by atoms with Crippen LogP contribution in [0.3, 0.4) is 0 Å². The Kier molecular flexibility index (Phi) is 9.12. The Balaban J connectivity index is 2.71. The minimum absolute atomic E-state index is 0.117. The number of hydrogen-bond donors (Lipinski definition) is 2. The van der Waals surface area contributed by atoms with Crippen LogP contribution in [0.5, 0.6) is 0 Å². The Bertz CT molecular complexity index is 628. The molecule has 0 bridgehead atoms. The van der Waals surface area contributed by atoms with Crippen LogP contribution in [0.4, 0.5) is 0 Å². The highest BCUT2D eigenvalue weighted by atomic mass is 16.4. The van der Waals surface area contributed by atoms with Gasteiger partial charge in [0.2, 0.25) is 11.8 Å². The summed E-state index contributed by atoms with van der Waals surface area (Å²) in [5.41, 5.74) is 2.08. The summed E-state index contributed by atoms with van der Waals surface area (Å²) in [5.74, 6) is -1.70. The number of aliphatic carboxylic acids is 1. The highest BCUT2D eigenvalue weighted by Crippen LogP contribution is 2.11. The van der Waals surface area contributed by atoms with E-state index in [4.69, 9.17) is 5.11 Å². The maximum atomic E-state index is 12.7. The van der Waals surface area contributed by atoms with Crippen molar-refractivity contribution in [2.45, 2.75) is 45.6 Å². The fourth-order valence-corrected chi connectivity index (χ4v) is 2.58. The number of rotatable bonds is 11. The number of carbonyl (C=O) groups excluding carboxylic acids is 2. The van der Waals surface area contributed by atoms with E-state index in [2.05, 4.69) is 11.9 Å². The van der Waals surface area contributed by atoms with Crippen molar-refractivity contribution in [1.82, 2.24) is 10.2 Å². The molecule has 0 spiro atoms. The van der Waals surface area contributed by atoms with Gasteiger partial charge in [-0.2, -0.15) is 0 Å². The van der Waals surface area contributed by atoms with Crippen molar-refractivity contribution >= 4 is 17.8 Å². The van der Waals surface area contributed by atoms with Gasteiger partial charge in [-0.3, -0.25) is 14.4 Å². The molecule has 1 aromatic carbocycles. The highest BCUT2D eigenvalue weighted by molar-refractivity contribution is 5.89. The van der Waals surface area contributed by atoms with Crippen LogP contribution in [-0.2, 0) is 20.8 Å². The third-order valence-electron chi connectivity index (χ3n) is 4.05. The van der Waals surface area contributed by atoms with E-state index in [0.717, 1.165) is 17.6 Å². The van der Waals surface area contributed by atoms with Crippen LogP contribution in [0.15, 0.2) is 42.5 Å². The van der Waals surface area contributed by atoms with Crippen LogP contribution in [0.1, 0.15) is 38.7 Å². The zero-order chi connectivity index (χ0) is 19.5. The lowest BCUT2D eigenvalue weighted by atomic mass is 10.1. The molecule has 0 aliphatic rings. The summed E-state index contributed by atoms with van der Waals surface area (Å²) in [7, 11) is 0. The molecule has 2 N–H and O–H groups in total. The van der Waals surface area contributed by atoms with Gasteiger partial charge in [-0.25, -0.2) is 0 Å². The summed E-state index contributed by atoms with van der Waals surface area (Å²) in [6.45, 7) is 7.37. The van der Waals surface area contributed by atoms with Crippen molar-refractivity contribution in [3.63, 3.8) is 0 Å². The van der Waals surface area contributed by atoms with Crippen molar-refractivity contribution in [3.8, 4) is 0 Å². The quantitative estimate of drug-likeness (QED) is 0.593. The zero-order valence-corrected chi connectivity index (χ0v) is 15.5. The monoisotopic (exact) mass is 360 g/mol. The molecule has 0 saturated carbocycles. The van der Waals surface area contributed by atoms with Gasteiger partial charge < -0.3 is 15.3 Å². The molecular formula is C20H28N2O4. The average molecular weight is 360 g/mol. The normalized spacial score (nSPS) is 11.5.